The molecule has 0 amide bonds. The van der Waals surface area contributed by atoms with Crippen molar-refractivity contribution in [2.75, 3.05) is 33.2 Å². The van der Waals surface area contributed by atoms with E-state index in [0.717, 1.165) is 44.0 Å². The third-order valence-corrected chi connectivity index (χ3v) is 6.32. The third kappa shape index (κ3) is 3.59. The lowest BCUT2D eigenvalue weighted by atomic mass is 9.91. The summed E-state index contributed by atoms with van der Waals surface area (Å²) >= 11 is 12.5. The minimum atomic E-state index is 0.497. The predicted molar refractivity (Wildman–Crippen MR) is 106 cm³/mol. The molecule has 2 atom stereocenters. The number of fused-ring (bicyclic) bond motifs is 1. The summed E-state index contributed by atoms with van der Waals surface area (Å²) < 4.78 is 0. The second-order valence-corrected chi connectivity index (χ2v) is 8.23. The fraction of sp³-hybridized carbons (Fsp3) is 0.429. The van der Waals surface area contributed by atoms with E-state index in [2.05, 4.69) is 47.2 Å². The Morgan fingerprint density at radius 1 is 1.00 bits per heavy atom. The molecule has 1 saturated heterocycles. The van der Waals surface area contributed by atoms with E-state index in [1.165, 1.54) is 16.7 Å². The van der Waals surface area contributed by atoms with E-state index in [-0.39, 0.29) is 0 Å². The Kier molecular flexibility index (Phi) is 5.06. The van der Waals surface area contributed by atoms with Gasteiger partial charge < -0.3 is 4.90 Å². The van der Waals surface area contributed by atoms with Gasteiger partial charge in [0.15, 0.2) is 0 Å². The Hall–Kier alpha value is -1.06. The molecule has 2 nitrogen and oxygen atoms in total. The number of piperazine rings is 1. The van der Waals surface area contributed by atoms with Crippen LogP contribution in [0.3, 0.4) is 0 Å². The van der Waals surface area contributed by atoms with E-state index >= 15 is 0 Å². The summed E-state index contributed by atoms with van der Waals surface area (Å²) in [6.45, 7) is 4.57. The van der Waals surface area contributed by atoms with Gasteiger partial charge in [-0.1, -0.05) is 53.5 Å². The molecule has 0 spiro atoms. The van der Waals surface area contributed by atoms with Gasteiger partial charge in [0.1, 0.15) is 0 Å². The van der Waals surface area contributed by atoms with Crippen LogP contribution < -0.4 is 0 Å². The van der Waals surface area contributed by atoms with Gasteiger partial charge in [-0.15, -0.1) is 0 Å². The molecule has 1 heterocycles. The molecule has 0 radical (unpaired) electrons. The van der Waals surface area contributed by atoms with Crippen LogP contribution in [-0.2, 0) is 12.8 Å². The minimum absolute atomic E-state index is 0.497. The first-order valence-corrected chi connectivity index (χ1v) is 9.82. The van der Waals surface area contributed by atoms with Crippen molar-refractivity contribution in [1.29, 1.82) is 0 Å². The summed E-state index contributed by atoms with van der Waals surface area (Å²) in [6, 6.07) is 15.4. The van der Waals surface area contributed by atoms with Crippen LogP contribution in [0.15, 0.2) is 42.5 Å². The highest BCUT2D eigenvalue weighted by Crippen LogP contribution is 2.43. The van der Waals surface area contributed by atoms with Gasteiger partial charge in [0.2, 0.25) is 0 Å². The van der Waals surface area contributed by atoms with Gasteiger partial charge in [0.25, 0.3) is 0 Å². The summed E-state index contributed by atoms with van der Waals surface area (Å²) in [4.78, 5) is 5.10. The second-order valence-electron chi connectivity index (χ2n) is 7.39. The molecule has 2 aliphatic rings. The number of rotatable bonds is 3. The van der Waals surface area contributed by atoms with Crippen LogP contribution in [-0.4, -0.2) is 43.0 Å². The molecule has 0 N–H and O–H groups in total. The first-order chi connectivity index (χ1) is 12.1. The molecule has 1 aliphatic heterocycles. The number of nitrogens with zero attached hydrogens (tertiary/aromatic N) is 2. The Bertz CT molecular complexity index is 753. The lowest BCUT2D eigenvalue weighted by Gasteiger charge is -2.39. The molecule has 132 valence electrons. The molecule has 1 fully saturated rings. The summed E-state index contributed by atoms with van der Waals surface area (Å²) in [5.41, 5.74) is 4.23. The largest absolute Gasteiger partial charge is 0.304 e. The highest BCUT2D eigenvalue weighted by atomic mass is 35.5. The third-order valence-electron chi connectivity index (χ3n) is 5.73. The quantitative estimate of drug-likeness (QED) is 0.768. The highest BCUT2D eigenvalue weighted by molar-refractivity contribution is 6.35. The molecule has 4 heteroatoms. The van der Waals surface area contributed by atoms with Crippen LogP contribution >= 0.6 is 23.2 Å². The van der Waals surface area contributed by atoms with Gasteiger partial charge in [-0.3, -0.25) is 4.90 Å². The van der Waals surface area contributed by atoms with Gasteiger partial charge in [0, 0.05) is 42.3 Å². The number of benzene rings is 2. The maximum atomic E-state index is 6.47. The zero-order valence-corrected chi connectivity index (χ0v) is 16.1. The van der Waals surface area contributed by atoms with Gasteiger partial charge in [-0.05, 0) is 54.6 Å². The fourth-order valence-electron chi connectivity index (χ4n) is 4.41. The lowest BCUT2D eigenvalue weighted by molar-refractivity contribution is 0.0868. The van der Waals surface area contributed by atoms with Crippen molar-refractivity contribution >= 4 is 23.2 Å². The van der Waals surface area contributed by atoms with Crippen LogP contribution in [0.5, 0.6) is 0 Å². The van der Waals surface area contributed by atoms with Crippen molar-refractivity contribution in [2.24, 2.45) is 5.92 Å². The minimum Gasteiger partial charge on any atom is -0.304 e. The monoisotopic (exact) mass is 374 g/mol. The maximum absolute atomic E-state index is 6.47. The van der Waals surface area contributed by atoms with Gasteiger partial charge in [0.05, 0.1) is 0 Å². The first-order valence-electron chi connectivity index (χ1n) is 9.06. The van der Waals surface area contributed by atoms with E-state index in [9.17, 15) is 0 Å². The van der Waals surface area contributed by atoms with Crippen LogP contribution in [0.4, 0.5) is 0 Å². The smallest absolute Gasteiger partial charge is 0.0452 e. The summed E-state index contributed by atoms with van der Waals surface area (Å²) in [5.74, 6) is 0.569. The zero-order valence-electron chi connectivity index (χ0n) is 14.6. The molecule has 0 saturated carbocycles. The Morgan fingerprint density at radius 2 is 1.76 bits per heavy atom. The fourth-order valence-corrected chi connectivity index (χ4v) is 4.89. The summed E-state index contributed by atoms with van der Waals surface area (Å²) in [6.07, 6.45) is 2.13. The molecule has 2 aromatic carbocycles. The van der Waals surface area contributed by atoms with E-state index in [0.29, 0.717) is 17.0 Å². The zero-order chi connectivity index (χ0) is 17.4. The second kappa shape index (κ2) is 7.28. The normalized spacial score (nSPS) is 24.4. The molecular weight excluding hydrogens is 351 g/mol. The van der Waals surface area contributed by atoms with Crippen LogP contribution in [0.25, 0.3) is 0 Å². The number of halogens is 2. The topological polar surface area (TPSA) is 6.48 Å². The molecule has 0 bridgehead atoms. The maximum Gasteiger partial charge on any atom is 0.0452 e. The molecule has 4 rings (SSSR count). The molecule has 2 unspecified atom stereocenters. The lowest BCUT2D eigenvalue weighted by Crippen LogP contribution is -2.47. The van der Waals surface area contributed by atoms with E-state index in [1.807, 2.05) is 12.1 Å². The van der Waals surface area contributed by atoms with Crippen molar-refractivity contribution in [2.45, 2.75) is 18.9 Å². The Balaban J connectivity index is 1.62. The molecule has 2 aromatic rings. The summed E-state index contributed by atoms with van der Waals surface area (Å²) in [5, 5.41) is 1.50. The van der Waals surface area contributed by atoms with Crippen molar-refractivity contribution in [3.63, 3.8) is 0 Å². The average Bonchev–Trinajstić information content (AvgIpc) is 2.96. The molecule has 1 aliphatic carbocycles. The Morgan fingerprint density at radius 3 is 2.52 bits per heavy atom. The number of hydrogen-bond donors (Lipinski definition) is 0. The van der Waals surface area contributed by atoms with Gasteiger partial charge in [-0.2, -0.15) is 0 Å². The predicted octanol–water partition coefficient (Wildman–Crippen LogP) is 4.70. The van der Waals surface area contributed by atoms with Crippen molar-refractivity contribution in [1.82, 2.24) is 9.80 Å². The van der Waals surface area contributed by atoms with Gasteiger partial charge >= 0.3 is 0 Å². The number of hydrogen-bond acceptors (Lipinski definition) is 2. The van der Waals surface area contributed by atoms with Crippen LogP contribution in [0.2, 0.25) is 10.0 Å². The SMILES string of the molecule is CN1CCN(C2c3ccccc3CC2Cc2ccc(Cl)cc2Cl)CC1. The number of likely N-dealkylation sites (N-methyl/N-ethyl adjacent to an activating group) is 1. The van der Waals surface area contributed by atoms with E-state index in [1.54, 1.807) is 0 Å². The highest BCUT2D eigenvalue weighted by Gasteiger charge is 2.37. The Labute approximate surface area is 160 Å². The standard InChI is InChI=1S/C21H24Cl2N2/c1-24-8-10-25(11-9-24)21-17(12-15-4-2-3-5-19(15)21)13-16-6-7-18(22)14-20(16)23/h2-7,14,17,21H,8-13H2,1H3. The van der Waals surface area contributed by atoms with Crippen molar-refractivity contribution in [3.05, 3.63) is 69.2 Å². The van der Waals surface area contributed by atoms with Crippen molar-refractivity contribution < 1.29 is 0 Å². The van der Waals surface area contributed by atoms with Crippen LogP contribution in [0, 0.1) is 5.92 Å². The average molecular weight is 375 g/mol. The molecule has 25 heavy (non-hydrogen) atoms. The van der Waals surface area contributed by atoms with Gasteiger partial charge in [-0.25, -0.2) is 0 Å². The van der Waals surface area contributed by atoms with Crippen LogP contribution in [0.1, 0.15) is 22.7 Å². The van der Waals surface area contributed by atoms with Crippen molar-refractivity contribution in [3.8, 4) is 0 Å². The van der Waals surface area contributed by atoms with E-state index in [4.69, 9.17) is 23.2 Å². The molecule has 0 aromatic heterocycles. The summed E-state index contributed by atoms with van der Waals surface area (Å²) in [7, 11) is 2.21. The van der Waals surface area contributed by atoms with E-state index < -0.39 is 0 Å². The molecular formula is C21H24Cl2N2. The first kappa shape index (κ1) is 17.4.